The normalized spacial score (nSPS) is 13.0. The molecule has 22 heavy (non-hydrogen) atoms. The van der Waals surface area contributed by atoms with Gasteiger partial charge in [-0.3, -0.25) is 4.79 Å². The lowest BCUT2D eigenvalue weighted by Gasteiger charge is -2.30. The molecule has 1 heterocycles. The van der Waals surface area contributed by atoms with Gasteiger partial charge >= 0.3 is 5.97 Å². The van der Waals surface area contributed by atoms with Crippen molar-refractivity contribution >= 4 is 5.97 Å². The molecule has 0 saturated carbocycles. The van der Waals surface area contributed by atoms with Crippen molar-refractivity contribution in [1.82, 2.24) is 0 Å². The lowest BCUT2D eigenvalue weighted by Crippen LogP contribution is -2.32. The number of carboxylic acids is 1. The third-order valence-electron chi connectivity index (χ3n) is 4.46. The van der Waals surface area contributed by atoms with Crippen molar-refractivity contribution in [3.63, 3.8) is 0 Å². The summed E-state index contributed by atoms with van der Waals surface area (Å²) in [5.74, 6) is 0.827. The molecule has 0 spiro atoms. The van der Waals surface area contributed by atoms with Crippen molar-refractivity contribution in [3.8, 4) is 11.5 Å². The van der Waals surface area contributed by atoms with Gasteiger partial charge < -0.3 is 9.84 Å². The summed E-state index contributed by atoms with van der Waals surface area (Å²) in [4.78, 5) is 11.8. The van der Waals surface area contributed by atoms with E-state index in [0.717, 1.165) is 40.2 Å². The van der Waals surface area contributed by atoms with E-state index in [1.54, 1.807) is 13.8 Å². The molecule has 0 aliphatic carbocycles. The second-order valence-electron chi connectivity index (χ2n) is 6.25. The van der Waals surface area contributed by atoms with Gasteiger partial charge in [0.1, 0.15) is 11.5 Å². The van der Waals surface area contributed by atoms with E-state index in [0.29, 0.717) is 6.42 Å². The smallest absolute Gasteiger partial charge is 0.313 e. The summed E-state index contributed by atoms with van der Waals surface area (Å²) < 4.78 is 6.00. The zero-order valence-electron chi connectivity index (χ0n) is 13.1. The number of benzene rings is 2. The Balaban J connectivity index is 2.22. The average Bonchev–Trinajstić information content (AvgIpc) is 2.51. The summed E-state index contributed by atoms with van der Waals surface area (Å²) in [5, 5.41) is 9.67. The molecule has 0 radical (unpaired) electrons. The minimum Gasteiger partial charge on any atom is -0.481 e. The van der Waals surface area contributed by atoms with Crippen LogP contribution in [-0.2, 0) is 23.1 Å². The van der Waals surface area contributed by atoms with E-state index in [1.165, 1.54) is 0 Å². The van der Waals surface area contributed by atoms with Crippen LogP contribution in [0.2, 0.25) is 0 Å². The van der Waals surface area contributed by atoms with E-state index in [-0.39, 0.29) is 0 Å². The van der Waals surface area contributed by atoms with Gasteiger partial charge in [0.2, 0.25) is 0 Å². The molecular formula is C19H20O3. The number of rotatable bonds is 3. The van der Waals surface area contributed by atoms with Gasteiger partial charge in [0.25, 0.3) is 0 Å². The highest BCUT2D eigenvalue weighted by molar-refractivity contribution is 5.82. The molecule has 0 saturated heterocycles. The number of hydrogen-bond donors (Lipinski definition) is 1. The molecule has 1 aliphatic rings. The van der Waals surface area contributed by atoms with E-state index >= 15 is 0 Å². The fourth-order valence-corrected chi connectivity index (χ4v) is 3.19. The van der Waals surface area contributed by atoms with Crippen LogP contribution in [0.15, 0.2) is 36.4 Å². The maximum Gasteiger partial charge on any atom is 0.313 e. The zero-order valence-corrected chi connectivity index (χ0v) is 13.1. The summed E-state index contributed by atoms with van der Waals surface area (Å²) >= 11 is 0. The maximum atomic E-state index is 11.8. The van der Waals surface area contributed by atoms with Gasteiger partial charge in [-0.25, -0.2) is 0 Å². The quantitative estimate of drug-likeness (QED) is 0.783. The minimum absolute atomic E-state index is 0.714. The number of fused-ring (bicyclic) bond motifs is 2. The Morgan fingerprint density at radius 1 is 1.18 bits per heavy atom. The van der Waals surface area contributed by atoms with Gasteiger partial charge in [0.15, 0.2) is 0 Å². The molecule has 1 N–H and O–H groups in total. The van der Waals surface area contributed by atoms with Crippen LogP contribution in [-0.4, -0.2) is 11.1 Å². The van der Waals surface area contributed by atoms with Crippen LogP contribution in [0.4, 0.5) is 0 Å². The molecule has 3 rings (SSSR count). The van der Waals surface area contributed by atoms with Crippen LogP contribution in [0, 0.1) is 0 Å². The van der Waals surface area contributed by atoms with E-state index in [1.807, 2.05) is 36.4 Å². The number of hydrogen-bond acceptors (Lipinski definition) is 2. The first-order valence-corrected chi connectivity index (χ1v) is 7.59. The largest absolute Gasteiger partial charge is 0.481 e. The SMILES string of the molecule is CCc1ccc2c(c1C(C)(C)C(=O)O)Cc1ccccc1O2. The standard InChI is InChI=1S/C19H20O3/c1-4-12-9-10-16-14(17(12)19(2,3)18(20)21)11-13-7-5-6-8-15(13)22-16/h5-10H,4,11H2,1-3H3,(H,20,21). The fraction of sp³-hybridized carbons (Fsp3) is 0.316. The highest BCUT2D eigenvalue weighted by Gasteiger charge is 2.36. The first-order valence-electron chi connectivity index (χ1n) is 7.59. The molecule has 2 aromatic carbocycles. The molecular weight excluding hydrogens is 276 g/mol. The van der Waals surface area contributed by atoms with Crippen LogP contribution < -0.4 is 4.74 Å². The molecule has 3 heteroatoms. The van der Waals surface area contributed by atoms with Crippen molar-refractivity contribution in [1.29, 1.82) is 0 Å². The topological polar surface area (TPSA) is 46.5 Å². The van der Waals surface area contributed by atoms with Gasteiger partial charge in [0, 0.05) is 12.0 Å². The van der Waals surface area contributed by atoms with Crippen molar-refractivity contribution in [3.05, 3.63) is 58.7 Å². The summed E-state index contributed by atoms with van der Waals surface area (Å²) in [6.45, 7) is 5.59. The highest BCUT2D eigenvalue weighted by Crippen LogP contribution is 2.43. The third-order valence-corrected chi connectivity index (χ3v) is 4.46. The number of aliphatic carboxylic acids is 1. The minimum atomic E-state index is -0.938. The van der Waals surface area contributed by atoms with Gasteiger partial charge in [-0.2, -0.15) is 0 Å². The molecule has 0 amide bonds. The van der Waals surface area contributed by atoms with E-state index in [9.17, 15) is 9.90 Å². The van der Waals surface area contributed by atoms with Crippen molar-refractivity contribution in [2.45, 2.75) is 39.0 Å². The zero-order chi connectivity index (χ0) is 15.9. The summed E-state index contributed by atoms with van der Waals surface area (Å²) in [7, 11) is 0. The van der Waals surface area contributed by atoms with Gasteiger partial charge in [-0.1, -0.05) is 31.2 Å². The fourth-order valence-electron chi connectivity index (χ4n) is 3.19. The van der Waals surface area contributed by atoms with Crippen LogP contribution >= 0.6 is 0 Å². The van der Waals surface area contributed by atoms with Crippen LogP contribution in [0.5, 0.6) is 11.5 Å². The molecule has 114 valence electrons. The number of para-hydroxylation sites is 1. The van der Waals surface area contributed by atoms with Gasteiger partial charge in [-0.05, 0) is 49.1 Å². The first-order chi connectivity index (χ1) is 10.4. The first kappa shape index (κ1) is 14.6. The Morgan fingerprint density at radius 2 is 1.91 bits per heavy atom. The number of ether oxygens (including phenoxy) is 1. The van der Waals surface area contributed by atoms with E-state index in [4.69, 9.17) is 4.74 Å². The molecule has 0 fully saturated rings. The number of carboxylic acid groups (broad SMARTS) is 1. The summed E-state index contributed by atoms with van der Waals surface area (Å²) in [6.07, 6.45) is 1.52. The number of aryl methyl sites for hydroxylation is 1. The monoisotopic (exact) mass is 296 g/mol. The van der Waals surface area contributed by atoms with Crippen molar-refractivity contribution in [2.75, 3.05) is 0 Å². The molecule has 0 aromatic heterocycles. The molecule has 2 aromatic rings. The predicted octanol–water partition coefficient (Wildman–Crippen LogP) is 4.31. The van der Waals surface area contributed by atoms with E-state index < -0.39 is 11.4 Å². The Bertz CT molecular complexity index is 744. The van der Waals surface area contributed by atoms with Crippen LogP contribution in [0.3, 0.4) is 0 Å². The maximum absolute atomic E-state index is 11.8. The molecule has 1 aliphatic heterocycles. The Hall–Kier alpha value is -2.29. The van der Waals surface area contributed by atoms with Crippen LogP contribution in [0.1, 0.15) is 43.0 Å². The molecule has 0 bridgehead atoms. The van der Waals surface area contributed by atoms with Gasteiger partial charge in [0.05, 0.1) is 5.41 Å². The third kappa shape index (κ3) is 2.17. The predicted molar refractivity (Wildman–Crippen MR) is 85.8 cm³/mol. The molecule has 0 atom stereocenters. The summed E-state index contributed by atoms with van der Waals surface area (Å²) in [6, 6.07) is 11.9. The summed E-state index contributed by atoms with van der Waals surface area (Å²) in [5.41, 5.74) is 3.14. The van der Waals surface area contributed by atoms with E-state index in [2.05, 4.69) is 6.92 Å². The second-order valence-corrected chi connectivity index (χ2v) is 6.25. The Labute approximate surface area is 130 Å². The van der Waals surface area contributed by atoms with Crippen molar-refractivity contribution in [2.24, 2.45) is 0 Å². The highest BCUT2D eigenvalue weighted by atomic mass is 16.5. The molecule has 3 nitrogen and oxygen atoms in total. The average molecular weight is 296 g/mol. The second kappa shape index (κ2) is 5.16. The number of carbonyl (C=O) groups is 1. The van der Waals surface area contributed by atoms with Crippen molar-refractivity contribution < 1.29 is 14.6 Å². The van der Waals surface area contributed by atoms with Crippen LogP contribution in [0.25, 0.3) is 0 Å². The Morgan fingerprint density at radius 3 is 2.59 bits per heavy atom. The molecule has 0 unspecified atom stereocenters. The lowest BCUT2D eigenvalue weighted by atomic mass is 9.76. The lowest BCUT2D eigenvalue weighted by molar-refractivity contribution is -0.142. The Kier molecular flexibility index (Phi) is 3.44. The van der Waals surface area contributed by atoms with Gasteiger partial charge in [-0.15, -0.1) is 0 Å².